The summed E-state index contributed by atoms with van der Waals surface area (Å²) in [6.07, 6.45) is 2.59. The van der Waals surface area contributed by atoms with Gasteiger partial charge in [0.05, 0.1) is 18.4 Å². The summed E-state index contributed by atoms with van der Waals surface area (Å²) < 4.78 is 10.5. The highest BCUT2D eigenvalue weighted by atomic mass is 32.1. The second kappa shape index (κ2) is 7.24. The number of methoxy groups -OCH3 is 1. The smallest absolute Gasteiger partial charge is 0.153 e. The zero-order chi connectivity index (χ0) is 15.2. The fourth-order valence-electron chi connectivity index (χ4n) is 2.13. The van der Waals surface area contributed by atoms with Crippen LogP contribution >= 0.6 is 11.3 Å². The van der Waals surface area contributed by atoms with Crippen LogP contribution in [0.2, 0.25) is 0 Å². The van der Waals surface area contributed by atoms with Crippen LogP contribution in [0.25, 0.3) is 11.5 Å². The highest BCUT2D eigenvalue weighted by molar-refractivity contribution is 7.09. The first-order valence-electron chi connectivity index (χ1n) is 7.17. The van der Waals surface area contributed by atoms with E-state index in [4.69, 9.17) is 9.15 Å². The van der Waals surface area contributed by atoms with E-state index in [1.807, 2.05) is 29.6 Å². The maximum atomic E-state index is 5.35. The topological polar surface area (TPSA) is 47.3 Å². The minimum Gasteiger partial charge on any atom is -0.497 e. The number of thiazole rings is 1. The molecule has 4 nitrogen and oxygen atoms in total. The van der Waals surface area contributed by atoms with Crippen molar-refractivity contribution in [2.45, 2.75) is 13.0 Å². The number of hydrogen-bond donors (Lipinski definition) is 1. The molecule has 3 rings (SSSR count). The van der Waals surface area contributed by atoms with E-state index in [0.717, 1.165) is 41.7 Å². The van der Waals surface area contributed by atoms with Crippen molar-refractivity contribution in [2.75, 3.05) is 13.7 Å². The van der Waals surface area contributed by atoms with Crippen molar-refractivity contribution in [2.24, 2.45) is 0 Å². The van der Waals surface area contributed by atoms with E-state index < -0.39 is 0 Å². The summed E-state index contributed by atoms with van der Waals surface area (Å²) in [4.78, 5) is 4.59. The van der Waals surface area contributed by atoms with Gasteiger partial charge in [0.1, 0.15) is 11.4 Å². The molecule has 3 aromatic rings. The van der Waals surface area contributed by atoms with Crippen molar-refractivity contribution in [3.8, 4) is 17.2 Å². The number of ether oxygens (including phenoxy) is 1. The van der Waals surface area contributed by atoms with Crippen LogP contribution in [0.5, 0.6) is 5.75 Å². The Hall–Kier alpha value is -2.11. The Kier molecular flexibility index (Phi) is 4.88. The van der Waals surface area contributed by atoms with Crippen LogP contribution < -0.4 is 10.1 Å². The molecule has 0 saturated carbocycles. The van der Waals surface area contributed by atoms with Gasteiger partial charge in [0.2, 0.25) is 0 Å². The summed E-state index contributed by atoms with van der Waals surface area (Å²) in [6.45, 7) is 1.75. The van der Waals surface area contributed by atoms with E-state index in [0.29, 0.717) is 0 Å². The van der Waals surface area contributed by atoms with Gasteiger partial charge in [-0.15, -0.1) is 11.3 Å². The van der Waals surface area contributed by atoms with Crippen molar-refractivity contribution in [3.05, 3.63) is 58.6 Å². The number of aromatic nitrogens is 1. The van der Waals surface area contributed by atoms with Crippen LogP contribution in [0.3, 0.4) is 0 Å². The first kappa shape index (κ1) is 14.8. The third-order valence-electron chi connectivity index (χ3n) is 3.33. The molecule has 1 N–H and O–H groups in total. The molecule has 0 spiro atoms. The third-order valence-corrected chi connectivity index (χ3v) is 4.24. The molecule has 0 atom stereocenters. The summed E-state index contributed by atoms with van der Waals surface area (Å²) in [5, 5.41) is 6.59. The Morgan fingerprint density at radius 2 is 2.09 bits per heavy atom. The molecule has 2 aromatic heterocycles. The van der Waals surface area contributed by atoms with Gasteiger partial charge in [-0.1, -0.05) is 12.1 Å². The molecule has 0 aliphatic rings. The van der Waals surface area contributed by atoms with Crippen LogP contribution in [0, 0.1) is 0 Å². The predicted octanol–water partition coefficient (Wildman–Crippen LogP) is 3.74. The molecular formula is C17H18N2O2S. The molecule has 0 aliphatic carbocycles. The molecule has 2 heterocycles. The van der Waals surface area contributed by atoms with Crippen LogP contribution in [0.1, 0.15) is 10.6 Å². The summed E-state index contributed by atoms with van der Waals surface area (Å²) in [7, 11) is 1.68. The lowest BCUT2D eigenvalue weighted by Crippen LogP contribution is -2.16. The summed E-state index contributed by atoms with van der Waals surface area (Å²) in [5.41, 5.74) is 2.16. The predicted molar refractivity (Wildman–Crippen MR) is 88.2 cm³/mol. The highest BCUT2D eigenvalue weighted by Crippen LogP contribution is 2.22. The Bertz CT molecular complexity index is 690. The molecular weight excluding hydrogens is 296 g/mol. The zero-order valence-corrected chi connectivity index (χ0v) is 13.2. The van der Waals surface area contributed by atoms with E-state index in [2.05, 4.69) is 22.4 Å². The number of nitrogens with one attached hydrogen (secondary N) is 1. The fraction of sp³-hybridized carbons (Fsp3) is 0.235. The highest BCUT2D eigenvalue weighted by Gasteiger charge is 2.06. The number of nitrogens with zero attached hydrogens (tertiary/aromatic N) is 1. The lowest BCUT2D eigenvalue weighted by Gasteiger charge is -2.05. The molecule has 0 aliphatic heterocycles. The van der Waals surface area contributed by atoms with Gasteiger partial charge in [0.25, 0.3) is 0 Å². The van der Waals surface area contributed by atoms with Crippen LogP contribution in [-0.2, 0) is 13.0 Å². The Morgan fingerprint density at radius 1 is 1.23 bits per heavy atom. The van der Waals surface area contributed by atoms with Crippen molar-refractivity contribution in [1.29, 1.82) is 0 Å². The molecule has 0 saturated heterocycles. The first-order valence-corrected chi connectivity index (χ1v) is 8.05. The van der Waals surface area contributed by atoms with Gasteiger partial charge in [-0.3, -0.25) is 0 Å². The maximum Gasteiger partial charge on any atom is 0.153 e. The summed E-state index contributed by atoms with van der Waals surface area (Å²) in [5.74, 6) is 1.71. The van der Waals surface area contributed by atoms with Gasteiger partial charge in [0, 0.05) is 24.9 Å². The van der Waals surface area contributed by atoms with Crippen LogP contribution in [-0.4, -0.2) is 18.6 Å². The van der Waals surface area contributed by atoms with Crippen LogP contribution in [0.15, 0.2) is 52.5 Å². The number of furan rings is 1. The number of hydrogen-bond acceptors (Lipinski definition) is 5. The second-order valence-corrected chi connectivity index (χ2v) is 5.82. The van der Waals surface area contributed by atoms with E-state index in [1.54, 1.807) is 24.7 Å². The van der Waals surface area contributed by atoms with Gasteiger partial charge >= 0.3 is 0 Å². The molecule has 5 heteroatoms. The molecule has 0 unspecified atom stereocenters. The molecule has 22 heavy (non-hydrogen) atoms. The van der Waals surface area contributed by atoms with Gasteiger partial charge in [0.15, 0.2) is 5.76 Å². The lowest BCUT2D eigenvalue weighted by molar-refractivity contribution is 0.414. The van der Waals surface area contributed by atoms with E-state index >= 15 is 0 Å². The monoisotopic (exact) mass is 314 g/mol. The zero-order valence-electron chi connectivity index (χ0n) is 12.4. The second-order valence-electron chi connectivity index (χ2n) is 4.88. The van der Waals surface area contributed by atoms with Crippen molar-refractivity contribution in [1.82, 2.24) is 10.3 Å². The molecule has 114 valence electrons. The Labute approximate surface area is 133 Å². The standard InChI is InChI=1S/C17H18N2O2S/c1-20-14-6-4-13(5-7-14)11-18-9-8-17-19-15(12-22-17)16-3-2-10-21-16/h2-7,10,12,18H,8-9,11H2,1H3. The molecule has 1 aromatic carbocycles. The van der Waals surface area contributed by atoms with Gasteiger partial charge < -0.3 is 14.5 Å². The number of benzene rings is 1. The summed E-state index contributed by atoms with van der Waals surface area (Å²) in [6, 6.07) is 11.9. The molecule has 0 bridgehead atoms. The first-order chi connectivity index (χ1) is 10.8. The van der Waals surface area contributed by atoms with Crippen molar-refractivity contribution in [3.63, 3.8) is 0 Å². The minimum atomic E-state index is 0.827. The molecule has 0 fully saturated rings. The average molecular weight is 314 g/mol. The Morgan fingerprint density at radius 3 is 2.82 bits per heavy atom. The van der Waals surface area contributed by atoms with Crippen molar-refractivity contribution < 1.29 is 9.15 Å². The largest absolute Gasteiger partial charge is 0.497 e. The summed E-state index contributed by atoms with van der Waals surface area (Å²) >= 11 is 1.67. The normalized spacial score (nSPS) is 10.8. The molecule has 0 amide bonds. The minimum absolute atomic E-state index is 0.827. The van der Waals surface area contributed by atoms with Gasteiger partial charge in [-0.05, 0) is 29.8 Å². The lowest BCUT2D eigenvalue weighted by atomic mass is 10.2. The number of rotatable bonds is 7. The molecule has 0 radical (unpaired) electrons. The van der Waals surface area contributed by atoms with Gasteiger partial charge in [-0.2, -0.15) is 0 Å². The SMILES string of the molecule is COc1ccc(CNCCc2nc(-c3ccco3)cs2)cc1. The van der Waals surface area contributed by atoms with Crippen molar-refractivity contribution >= 4 is 11.3 Å². The maximum absolute atomic E-state index is 5.35. The fourth-order valence-corrected chi connectivity index (χ4v) is 2.92. The quantitative estimate of drug-likeness (QED) is 0.675. The third kappa shape index (κ3) is 3.75. The van der Waals surface area contributed by atoms with E-state index in [-0.39, 0.29) is 0 Å². The average Bonchev–Trinajstić information content (AvgIpc) is 3.23. The van der Waals surface area contributed by atoms with Crippen LogP contribution in [0.4, 0.5) is 0 Å². The Balaban J connectivity index is 1.45. The van der Waals surface area contributed by atoms with E-state index in [9.17, 15) is 0 Å². The van der Waals surface area contributed by atoms with Gasteiger partial charge in [-0.25, -0.2) is 4.98 Å². The van der Waals surface area contributed by atoms with E-state index in [1.165, 1.54) is 5.56 Å².